The van der Waals surface area contributed by atoms with Gasteiger partial charge in [-0.1, -0.05) is 32.9 Å². The predicted octanol–water partition coefficient (Wildman–Crippen LogP) is 4.77. The van der Waals surface area contributed by atoms with Gasteiger partial charge < -0.3 is 38.9 Å². The van der Waals surface area contributed by atoms with Crippen LogP contribution in [-0.4, -0.2) is 110 Å². The quantitative estimate of drug-likeness (QED) is 0.143. The molecule has 2 atom stereocenters. The van der Waals surface area contributed by atoms with Crippen molar-refractivity contribution in [1.29, 1.82) is 0 Å². The first-order valence-electron chi connectivity index (χ1n) is 17.1. The SMILES string of the molecule is C[C@@H]1CCCN1C(=O)C(NC(=O)COCCOCCOCCOCCOc1ccc(-c2ccc3c(c2)[nH]c2ccncc23)cn1)C(C)(C)C. The zero-order valence-corrected chi connectivity index (χ0v) is 29.0. The number of likely N-dealkylation sites (tertiary alicyclic amines) is 1. The van der Waals surface area contributed by atoms with E-state index in [0.717, 1.165) is 52.3 Å². The van der Waals surface area contributed by atoms with E-state index in [0.29, 0.717) is 52.1 Å². The lowest BCUT2D eigenvalue weighted by molar-refractivity contribution is -0.141. The Morgan fingerprint density at radius 2 is 1.57 bits per heavy atom. The minimum atomic E-state index is -0.596. The minimum absolute atomic E-state index is 0.0260. The van der Waals surface area contributed by atoms with E-state index < -0.39 is 11.5 Å². The van der Waals surface area contributed by atoms with E-state index in [1.165, 1.54) is 0 Å². The van der Waals surface area contributed by atoms with Gasteiger partial charge in [0.1, 0.15) is 19.3 Å². The fraction of sp³-hybridized carbons (Fsp3) is 0.514. The van der Waals surface area contributed by atoms with Crippen LogP contribution in [0.2, 0.25) is 0 Å². The Labute approximate surface area is 287 Å². The van der Waals surface area contributed by atoms with Crippen LogP contribution in [0.15, 0.2) is 55.0 Å². The largest absolute Gasteiger partial charge is 0.475 e. The first-order valence-corrected chi connectivity index (χ1v) is 17.1. The second-order valence-corrected chi connectivity index (χ2v) is 13.3. The molecular formula is C37H49N5O7. The van der Waals surface area contributed by atoms with Gasteiger partial charge in [-0.3, -0.25) is 14.6 Å². The van der Waals surface area contributed by atoms with Gasteiger partial charge in [-0.05, 0) is 48.9 Å². The van der Waals surface area contributed by atoms with Gasteiger partial charge in [0.2, 0.25) is 17.7 Å². The number of fused-ring (bicyclic) bond motifs is 3. The Bertz CT molecular complexity index is 1650. The van der Waals surface area contributed by atoms with E-state index in [4.69, 9.17) is 23.7 Å². The van der Waals surface area contributed by atoms with Crippen LogP contribution in [0, 0.1) is 5.41 Å². The van der Waals surface area contributed by atoms with Crippen LogP contribution in [-0.2, 0) is 28.5 Å². The van der Waals surface area contributed by atoms with Gasteiger partial charge in [-0.15, -0.1) is 0 Å². The van der Waals surface area contributed by atoms with Crippen LogP contribution in [0.1, 0.15) is 40.5 Å². The average Bonchev–Trinajstić information content (AvgIpc) is 3.69. The zero-order chi connectivity index (χ0) is 34.6. The van der Waals surface area contributed by atoms with E-state index in [1.807, 2.05) is 56.3 Å². The molecule has 4 heterocycles. The van der Waals surface area contributed by atoms with Crippen molar-refractivity contribution in [2.45, 2.75) is 52.6 Å². The number of hydrogen-bond acceptors (Lipinski definition) is 9. The lowest BCUT2D eigenvalue weighted by atomic mass is 9.85. The number of rotatable bonds is 18. The number of nitrogens with zero attached hydrogens (tertiary/aromatic N) is 3. The Morgan fingerprint density at radius 3 is 2.22 bits per heavy atom. The number of aromatic amines is 1. The van der Waals surface area contributed by atoms with Crippen LogP contribution in [0.3, 0.4) is 0 Å². The normalized spacial score (nSPS) is 15.6. The molecular weight excluding hydrogens is 626 g/mol. The molecule has 0 aliphatic carbocycles. The maximum absolute atomic E-state index is 13.1. The van der Waals surface area contributed by atoms with Gasteiger partial charge >= 0.3 is 0 Å². The van der Waals surface area contributed by atoms with Crippen LogP contribution in [0.5, 0.6) is 5.88 Å². The van der Waals surface area contributed by atoms with Crippen molar-refractivity contribution in [1.82, 2.24) is 25.2 Å². The lowest BCUT2D eigenvalue weighted by Gasteiger charge is -2.35. The molecule has 49 heavy (non-hydrogen) atoms. The highest BCUT2D eigenvalue weighted by Gasteiger charge is 2.38. The van der Waals surface area contributed by atoms with E-state index in [2.05, 4.69) is 45.4 Å². The molecule has 1 aliphatic rings. The van der Waals surface area contributed by atoms with Gasteiger partial charge in [0, 0.05) is 64.6 Å². The van der Waals surface area contributed by atoms with E-state index in [-0.39, 0.29) is 31.1 Å². The van der Waals surface area contributed by atoms with Gasteiger partial charge in [0.05, 0.1) is 46.2 Å². The number of hydrogen-bond donors (Lipinski definition) is 2. The molecule has 1 aromatic carbocycles. The van der Waals surface area contributed by atoms with Crippen molar-refractivity contribution < 1.29 is 33.3 Å². The monoisotopic (exact) mass is 675 g/mol. The average molecular weight is 676 g/mol. The van der Waals surface area contributed by atoms with Crippen molar-refractivity contribution in [3.05, 3.63) is 55.0 Å². The molecule has 4 aromatic rings. The van der Waals surface area contributed by atoms with Gasteiger partial charge in [0.15, 0.2) is 0 Å². The Kier molecular flexibility index (Phi) is 12.9. The summed E-state index contributed by atoms with van der Waals surface area (Å²) in [6, 6.07) is 11.8. The van der Waals surface area contributed by atoms with Gasteiger partial charge in [0.25, 0.3) is 0 Å². The molecule has 0 saturated carbocycles. The molecule has 2 amide bonds. The van der Waals surface area contributed by atoms with Crippen LogP contribution in [0.25, 0.3) is 32.9 Å². The third-order valence-corrected chi connectivity index (χ3v) is 8.55. The highest BCUT2D eigenvalue weighted by atomic mass is 16.6. The maximum Gasteiger partial charge on any atom is 0.246 e. The number of amides is 2. The molecule has 0 spiro atoms. The molecule has 1 saturated heterocycles. The Hall–Kier alpha value is -4.10. The number of ether oxygens (including phenoxy) is 5. The van der Waals surface area contributed by atoms with Crippen molar-refractivity contribution in [2.75, 3.05) is 66.0 Å². The fourth-order valence-corrected chi connectivity index (χ4v) is 5.87. The Morgan fingerprint density at radius 1 is 0.878 bits per heavy atom. The van der Waals surface area contributed by atoms with Crippen molar-refractivity contribution in [3.8, 4) is 17.0 Å². The first kappa shape index (κ1) is 36.2. The van der Waals surface area contributed by atoms with E-state index in [9.17, 15) is 9.59 Å². The molecule has 0 bridgehead atoms. The highest BCUT2D eigenvalue weighted by molar-refractivity contribution is 6.07. The molecule has 264 valence electrons. The van der Waals surface area contributed by atoms with E-state index in [1.54, 1.807) is 6.20 Å². The smallest absolute Gasteiger partial charge is 0.246 e. The van der Waals surface area contributed by atoms with Crippen LogP contribution in [0.4, 0.5) is 0 Å². The molecule has 1 fully saturated rings. The van der Waals surface area contributed by atoms with Crippen molar-refractivity contribution >= 4 is 33.6 Å². The number of aromatic nitrogens is 3. The second kappa shape index (κ2) is 17.5. The summed E-state index contributed by atoms with van der Waals surface area (Å²) in [5.41, 5.74) is 3.80. The summed E-state index contributed by atoms with van der Waals surface area (Å²) >= 11 is 0. The zero-order valence-electron chi connectivity index (χ0n) is 29.0. The third kappa shape index (κ3) is 10.2. The summed E-state index contributed by atoms with van der Waals surface area (Å²) in [4.78, 5) is 39.6. The van der Waals surface area contributed by atoms with Crippen molar-refractivity contribution in [3.63, 3.8) is 0 Å². The molecule has 3 aromatic heterocycles. The highest BCUT2D eigenvalue weighted by Crippen LogP contribution is 2.29. The fourth-order valence-electron chi connectivity index (χ4n) is 5.87. The lowest BCUT2D eigenvalue weighted by Crippen LogP contribution is -2.56. The first-order chi connectivity index (χ1) is 23.7. The number of nitrogens with one attached hydrogen (secondary N) is 2. The number of H-pyrrole nitrogens is 1. The maximum atomic E-state index is 13.1. The summed E-state index contributed by atoms with van der Waals surface area (Å²) in [5, 5.41) is 5.14. The van der Waals surface area contributed by atoms with Gasteiger partial charge in [-0.25, -0.2) is 4.98 Å². The number of carbonyl (C=O) groups is 2. The third-order valence-electron chi connectivity index (χ3n) is 8.55. The molecule has 1 aliphatic heterocycles. The second-order valence-electron chi connectivity index (χ2n) is 13.3. The Balaban J connectivity index is 0.862. The summed E-state index contributed by atoms with van der Waals surface area (Å²) in [7, 11) is 0. The van der Waals surface area contributed by atoms with Gasteiger partial charge in [-0.2, -0.15) is 0 Å². The number of carbonyl (C=O) groups excluding carboxylic acids is 2. The number of benzene rings is 1. The summed E-state index contributed by atoms with van der Waals surface area (Å²) < 4.78 is 27.8. The molecule has 12 nitrogen and oxygen atoms in total. The standard InChI is InChI=1S/C37H49N5O7/c1-26-6-5-13-42(26)36(44)35(37(2,3)4)41-33(43)25-48-19-18-46-15-14-45-16-17-47-20-21-49-34-10-8-28(23-39-34)27-7-9-29-30-24-38-12-11-31(30)40-32(29)22-27/h7-12,22-24,26,35,40H,5-6,13-21,25H2,1-4H3,(H,41,43)/t26-,35?/m1/s1. The predicted molar refractivity (Wildman–Crippen MR) is 187 cm³/mol. The molecule has 0 radical (unpaired) electrons. The summed E-state index contributed by atoms with van der Waals surface area (Å²) in [6.07, 6.45) is 7.47. The van der Waals surface area contributed by atoms with E-state index >= 15 is 0 Å². The summed E-state index contributed by atoms with van der Waals surface area (Å²) in [6.45, 7) is 11.6. The molecule has 5 rings (SSSR count). The molecule has 2 N–H and O–H groups in total. The summed E-state index contributed by atoms with van der Waals surface area (Å²) in [5.74, 6) is 0.207. The minimum Gasteiger partial charge on any atom is -0.475 e. The molecule has 1 unspecified atom stereocenters. The topological polar surface area (TPSA) is 137 Å². The number of pyridine rings is 2. The van der Waals surface area contributed by atoms with Crippen LogP contribution >= 0.6 is 0 Å². The molecule has 12 heteroatoms. The van der Waals surface area contributed by atoms with Crippen molar-refractivity contribution in [2.24, 2.45) is 5.41 Å². The van der Waals surface area contributed by atoms with Crippen LogP contribution < -0.4 is 10.1 Å².